The molecule has 0 aliphatic heterocycles. The van der Waals surface area contributed by atoms with Gasteiger partial charge in [-0.3, -0.25) is 30.0 Å². The number of carbonyl (C=O) groups excluding carboxylic acids is 2. The van der Waals surface area contributed by atoms with Gasteiger partial charge in [0.25, 0.3) is 11.8 Å². The molecule has 2 heterocycles. The number of rotatable bonds is 4. The van der Waals surface area contributed by atoms with Gasteiger partial charge in [-0.1, -0.05) is 11.8 Å². The first kappa shape index (κ1) is 17.6. The van der Waals surface area contributed by atoms with E-state index in [-0.39, 0.29) is 11.5 Å². The normalized spacial score (nSPS) is 10.4. The zero-order valence-electron chi connectivity index (χ0n) is 13.6. The molecule has 0 fully saturated rings. The summed E-state index contributed by atoms with van der Waals surface area (Å²) >= 11 is 1.34. The highest BCUT2D eigenvalue weighted by Gasteiger charge is 2.18. The average molecular weight is 371 g/mol. The highest BCUT2D eigenvalue weighted by Crippen LogP contribution is 2.21. The lowest BCUT2D eigenvalue weighted by atomic mass is 10.3. The van der Waals surface area contributed by atoms with Crippen LogP contribution >= 0.6 is 11.8 Å². The molecule has 0 bridgehead atoms. The molecule has 0 aliphatic rings. The number of benzene rings is 1. The zero-order valence-corrected chi connectivity index (χ0v) is 14.5. The van der Waals surface area contributed by atoms with Crippen molar-refractivity contribution in [1.82, 2.24) is 25.4 Å². The minimum atomic E-state index is -0.556. The van der Waals surface area contributed by atoms with Crippen molar-refractivity contribution in [2.75, 3.05) is 6.26 Å². The summed E-state index contributed by atoms with van der Waals surface area (Å²) in [4.78, 5) is 32.5. The number of amides is 2. The number of hydrogen-bond acceptors (Lipinski definition) is 5. The first-order chi connectivity index (χ1) is 12.6. The maximum absolute atomic E-state index is 13.2. The fourth-order valence-corrected chi connectivity index (χ4v) is 2.77. The van der Waals surface area contributed by atoms with E-state index in [0.717, 1.165) is 0 Å². The topological polar surface area (TPSA) is 88.9 Å². The SMILES string of the molecule is CSc1ncc(C(=O)NNC(=O)c2cccnc2)n1-c1ccc(F)cc1. The molecule has 2 aromatic heterocycles. The van der Waals surface area contributed by atoms with Crippen LogP contribution in [0.1, 0.15) is 20.8 Å². The van der Waals surface area contributed by atoms with Crippen LogP contribution in [-0.2, 0) is 0 Å². The maximum atomic E-state index is 13.2. The smallest absolute Gasteiger partial charge is 0.283 e. The molecule has 0 saturated carbocycles. The molecule has 0 unspecified atom stereocenters. The van der Waals surface area contributed by atoms with Crippen LogP contribution in [0.5, 0.6) is 0 Å². The molecule has 9 heteroatoms. The van der Waals surface area contributed by atoms with Crippen LogP contribution in [-0.4, -0.2) is 32.6 Å². The van der Waals surface area contributed by atoms with E-state index in [1.54, 1.807) is 35.0 Å². The van der Waals surface area contributed by atoms with E-state index >= 15 is 0 Å². The van der Waals surface area contributed by atoms with Gasteiger partial charge in [0.1, 0.15) is 11.5 Å². The Morgan fingerprint density at radius 1 is 1.08 bits per heavy atom. The summed E-state index contributed by atoms with van der Waals surface area (Å²) in [7, 11) is 0. The Bertz CT molecular complexity index is 928. The molecule has 2 amide bonds. The van der Waals surface area contributed by atoms with Crippen molar-refractivity contribution >= 4 is 23.6 Å². The molecular weight excluding hydrogens is 357 g/mol. The number of halogens is 1. The number of imidazole rings is 1. The Labute approximate surface area is 152 Å². The molecule has 1 aromatic carbocycles. The molecule has 0 atom stereocenters. The van der Waals surface area contributed by atoms with Crippen LogP contribution in [0.15, 0.2) is 60.1 Å². The Hall–Kier alpha value is -3.20. The van der Waals surface area contributed by atoms with Gasteiger partial charge in [-0.25, -0.2) is 9.37 Å². The minimum Gasteiger partial charge on any atom is -0.283 e. The predicted octanol–water partition coefficient (Wildman–Crippen LogP) is 2.20. The van der Waals surface area contributed by atoms with Gasteiger partial charge in [0.05, 0.1) is 11.8 Å². The van der Waals surface area contributed by atoms with Crippen molar-refractivity contribution in [2.45, 2.75) is 5.16 Å². The zero-order chi connectivity index (χ0) is 18.5. The van der Waals surface area contributed by atoms with Crippen LogP contribution in [0.4, 0.5) is 4.39 Å². The first-order valence-electron chi connectivity index (χ1n) is 7.48. The average Bonchev–Trinajstić information content (AvgIpc) is 3.11. The van der Waals surface area contributed by atoms with Crippen LogP contribution < -0.4 is 10.9 Å². The van der Waals surface area contributed by atoms with Crippen LogP contribution in [0.3, 0.4) is 0 Å². The summed E-state index contributed by atoms with van der Waals surface area (Å²) in [6, 6.07) is 8.87. The Balaban J connectivity index is 1.80. The first-order valence-corrected chi connectivity index (χ1v) is 8.71. The Morgan fingerprint density at radius 2 is 1.81 bits per heavy atom. The quantitative estimate of drug-likeness (QED) is 0.542. The van der Waals surface area contributed by atoms with E-state index in [1.807, 2.05) is 6.26 Å². The van der Waals surface area contributed by atoms with Gasteiger partial charge >= 0.3 is 0 Å². The third kappa shape index (κ3) is 3.72. The van der Waals surface area contributed by atoms with Crippen molar-refractivity contribution in [2.24, 2.45) is 0 Å². The van der Waals surface area contributed by atoms with Crippen molar-refractivity contribution in [3.05, 3.63) is 72.1 Å². The van der Waals surface area contributed by atoms with E-state index in [0.29, 0.717) is 16.4 Å². The summed E-state index contributed by atoms with van der Waals surface area (Å²) in [5.74, 6) is -1.43. The molecule has 3 aromatic rings. The lowest BCUT2D eigenvalue weighted by Crippen LogP contribution is -2.42. The van der Waals surface area contributed by atoms with Gasteiger partial charge in [-0.2, -0.15) is 0 Å². The van der Waals surface area contributed by atoms with E-state index < -0.39 is 11.8 Å². The number of hydrazine groups is 1. The summed E-state index contributed by atoms with van der Waals surface area (Å²) in [5, 5.41) is 0.556. The van der Waals surface area contributed by atoms with Crippen molar-refractivity contribution in [1.29, 1.82) is 0 Å². The van der Waals surface area contributed by atoms with Crippen molar-refractivity contribution < 1.29 is 14.0 Å². The molecule has 0 saturated heterocycles. The number of nitrogens with one attached hydrogen (secondary N) is 2. The molecule has 132 valence electrons. The second-order valence-electron chi connectivity index (χ2n) is 5.09. The van der Waals surface area contributed by atoms with Crippen LogP contribution in [0.25, 0.3) is 5.69 Å². The van der Waals surface area contributed by atoms with E-state index in [2.05, 4.69) is 20.8 Å². The third-order valence-corrected chi connectivity index (χ3v) is 4.10. The largest absolute Gasteiger partial charge is 0.288 e. The van der Waals surface area contributed by atoms with E-state index in [4.69, 9.17) is 0 Å². The van der Waals surface area contributed by atoms with Gasteiger partial charge in [0.2, 0.25) is 0 Å². The number of thioether (sulfide) groups is 1. The molecule has 7 nitrogen and oxygen atoms in total. The Kier molecular flexibility index (Phi) is 5.28. The second kappa shape index (κ2) is 7.79. The van der Waals surface area contributed by atoms with E-state index in [1.165, 1.54) is 36.3 Å². The standard InChI is InChI=1S/C17H14FN5O2S/c1-26-17-20-10-14(23(17)13-6-4-12(18)5-7-13)16(25)22-21-15(24)11-3-2-8-19-9-11/h2-10H,1H3,(H,21,24)(H,22,25). The number of carbonyl (C=O) groups is 2. The fourth-order valence-electron chi connectivity index (χ4n) is 2.23. The van der Waals surface area contributed by atoms with Gasteiger partial charge in [0, 0.05) is 18.1 Å². The van der Waals surface area contributed by atoms with Crippen LogP contribution in [0.2, 0.25) is 0 Å². The van der Waals surface area contributed by atoms with Gasteiger partial charge < -0.3 is 0 Å². The third-order valence-electron chi connectivity index (χ3n) is 3.44. The molecule has 26 heavy (non-hydrogen) atoms. The lowest BCUT2D eigenvalue weighted by Gasteiger charge is -2.12. The van der Waals surface area contributed by atoms with Crippen molar-refractivity contribution in [3.8, 4) is 5.69 Å². The predicted molar refractivity (Wildman–Crippen MR) is 94.5 cm³/mol. The fraction of sp³-hybridized carbons (Fsp3) is 0.0588. The second-order valence-corrected chi connectivity index (χ2v) is 5.87. The minimum absolute atomic E-state index is 0.201. The molecule has 0 spiro atoms. The Morgan fingerprint density at radius 3 is 2.46 bits per heavy atom. The maximum Gasteiger partial charge on any atom is 0.288 e. The molecule has 2 N–H and O–H groups in total. The van der Waals surface area contributed by atoms with E-state index in [9.17, 15) is 14.0 Å². The van der Waals surface area contributed by atoms with Gasteiger partial charge in [-0.15, -0.1) is 0 Å². The number of aromatic nitrogens is 3. The number of hydrogen-bond donors (Lipinski definition) is 2. The van der Waals surface area contributed by atoms with Crippen LogP contribution in [0, 0.1) is 5.82 Å². The van der Waals surface area contributed by atoms with Crippen molar-refractivity contribution in [3.63, 3.8) is 0 Å². The molecule has 3 rings (SSSR count). The summed E-state index contributed by atoms with van der Waals surface area (Å²) in [5.41, 5.74) is 5.76. The summed E-state index contributed by atoms with van der Waals surface area (Å²) in [6.45, 7) is 0. The summed E-state index contributed by atoms with van der Waals surface area (Å²) in [6.07, 6.45) is 6.13. The molecular formula is C17H14FN5O2S. The molecule has 0 aliphatic carbocycles. The highest BCUT2D eigenvalue weighted by molar-refractivity contribution is 7.98. The van der Waals surface area contributed by atoms with Gasteiger partial charge in [0.15, 0.2) is 5.16 Å². The van der Waals surface area contributed by atoms with Gasteiger partial charge in [-0.05, 0) is 42.7 Å². The monoisotopic (exact) mass is 371 g/mol. The summed E-state index contributed by atoms with van der Waals surface area (Å²) < 4.78 is 14.8. The number of nitrogens with zero attached hydrogens (tertiary/aromatic N) is 3. The lowest BCUT2D eigenvalue weighted by molar-refractivity contribution is 0.0842. The highest BCUT2D eigenvalue weighted by atomic mass is 32.2. The molecule has 0 radical (unpaired) electrons. The number of pyridine rings is 1.